The fourth-order valence-electron chi connectivity index (χ4n) is 2.88. The summed E-state index contributed by atoms with van der Waals surface area (Å²) in [6, 6.07) is 6.12. The van der Waals surface area contributed by atoms with Gasteiger partial charge >= 0.3 is 0 Å². The summed E-state index contributed by atoms with van der Waals surface area (Å²) in [6.07, 6.45) is 1.85. The number of piperidine rings is 1. The maximum Gasteiger partial charge on any atom is 0.270 e. The average molecular weight is 351 g/mol. The third-order valence-electron chi connectivity index (χ3n) is 4.19. The van der Waals surface area contributed by atoms with Gasteiger partial charge in [-0.2, -0.15) is 11.3 Å². The second-order valence-corrected chi connectivity index (χ2v) is 6.73. The Hall–Kier alpha value is -1.92. The number of nitro benzene ring substituents is 1. The summed E-state index contributed by atoms with van der Waals surface area (Å²) in [5.74, 6) is 0.339. The van der Waals surface area contributed by atoms with Crippen molar-refractivity contribution in [2.24, 2.45) is 0 Å². The smallest absolute Gasteiger partial charge is 0.270 e. The summed E-state index contributed by atoms with van der Waals surface area (Å²) in [4.78, 5) is 24.6. The third-order valence-corrected chi connectivity index (χ3v) is 5.20. The van der Waals surface area contributed by atoms with Gasteiger partial charge < -0.3 is 4.90 Å². The Morgan fingerprint density at radius 2 is 2.04 bits per heavy atom. The molecule has 0 atom stereocenters. The Labute approximate surface area is 142 Å². The van der Waals surface area contributed by atoms with E-state index in [9.17, 15) is 14.9 Å². The molecular weight excluding hydrogens is 336 g/mol. The standard InChI is InChI=1S/C16H15ClN2O3S/c17-15-9-13(19(21)22)1-2-14(15)16(20)18-6-3-11(4-7-18)12-5-8-23-10-12/h1-2,5,8-11H,3-4,6-7H2. The molecule has 2 heterocycles. The topological polar surface area (TPSA) is 63.4 Å². The normalized spacial score (nSPS) is 15.6. The number of benzene rings is 1. The number of halogens is 1. The van der Waals surface area contributed by atoms with Gasteiger partial charge in [-0.1, -0.05) is 11.6 Å². The molecule has 1 aromatic carbocycles. The number of hydrogen-bond donors (Lipinski definition) is 0. The fourth-order valence-corrected chi connectivity index (χ4v) is 3.88. The molecule has 1 aliphatic heterocycles. The van der Waals surface area contributed by atoms with Crippen molar-refractivity contribution in [3.63, 3.8) is 0 Å². The van der Waals surface area contributed by atoms with E-state index >= 15 is 0 Å². The van der Waals surface area contributed by atoms with Crippen LogP contribution in [0, 0.1) is 10.1 Å². The fraction of sp³-hybridized carbons (Fsp3) is 0.312. The Balaban J connectivity index is 1.69. The van der Waals surface area contributed by atoms with Gasteiger partial charge in [-0.05, 0) is 47.2 Å². The molecule has 120 valence electrons. The van der Waals surface area contributed by atoms with E-state index in [0.717, 1.165) is 12.8 Å². The van der Waals surface area contributed by atoms with Crippen LogP contribution in [-0.2, 0) is 0 Å². The molecule has 0 unspecified atom stereocenters. The van der Waals surface area contributed by atoms with E-state index in [1.165, 1.54) is 23.8 Å². The van der Waals surface area contributed by atoms with E-state index in [0.29, 0.717) is 24.6 Å². The zero-order valence-electron chi connectivity index (χ0n) is 12.3. The van der Waals surface area contributed by atoms with Gasteiger partial charge in [0.05, 0.1) is 15.5 Å². The van der Waals surface area contributed by atoms with Crippen LogP contribution in [0.2, 0.25) is 5.02 Å². The molecule has 23 heavy (non-hydrogen) atoms. The van der Waals surface area contributed by atoms with E-state index in [2.05, 4.69) is 16.8 Å². The van der Waals surface area contributed by atoms with Crippen molar-refractivity contribution in [3.8, 4) is 0 Å². The summed E-state index contributed by atoms with van der Waals surface area (Å²) in [5.41, 5.74) is 1.56. The van der Waals surface area contributed by atoms with Crippen LogP contribution in [0.4, 0.5) is 5.69 Å². The quantitative estimate of drug-likeness (QED) is 0.611. The number of carbonyl (C=O) groups is 1. The van der Waals surface area contributed by atoms with E-state index in [1.54, 1.807) is 16.2 Å². The molecule has 7 heteroatoms. The van der Waals surface area contributed by atoms with Gasteiger partial charge in [0, 0.05) is 25.2 Å². The molecular formula is C16H15ClN2O3S. The molecule has 5 nitrogen and oxygen atoms in total. The van der Waals surface area contributed by atoms with Crippen molar-refractivity contribution >= 4 is 34.5 Å². The lowest BCUT2D eigenvalue weighted by molar-refractivity contribution is -0.384. The van der Waals surface area contributed by atoms with Crippen molar-refractivity contribution in [2.45, 2.75) is 18.8 Å². The van der Waals surface area contributed by atoms with Crippen molar-refractivity contribution < 1.29 is 9.72 Å². The van der Waals surface area contributed by atoms with Crippen LogP contribution in [0.25, 0.3) is 0 Å². The molecule has 0 spiro atoms. The molecule has 1 amide bonds. The van der Waals surface area contributed by atoms with Crippen LogP contribution in [0.3, 0.4) is 0 Å². The van der Waals surface area contributed by atoms with Crippen LogP contribution in [0.5, 0.6) is 0 Å². The van der Waals surface area contributed by atoms with Gasteiger partial charge in [0.15, 0.2) is 0 Å². The maximum atomic E-state index is 12.6. The number of likely N-dealkylation sites (tertiary alicyclic amines) is 1. The lowest BCUT2D eigenvalue weighted by atomic mass is 9.91. The second kappa shape index (κ2) is 6.68. The predicted octanol–water partition coefficient (Wildman–Crippen LogP) is 4.33. The van der Waals surface area contributed by atoms with E-state index < -0.39 is 4.92 Å². The number of nitrogens with zero attached hydrogens (tertiary/aromatic N) is 2. The van der Waals surface area contributed by atoms with Gasteiger partial charge in [0.2, 0.25) is 0 Å². The summed E-state index contributed by atoms with van der Waals surface area (Å²) >= 11 is 7.74. The minimum absolute atomic E-state index is 0.109. The van der Waals surface area contributed by atoms with Crippen LogP contribution < -0.4 is 0 Å². The van der Waals surface area contributed by atoms with Gasteiger partial charge in [0.1, 0.15) is 0 Å². The summed E-state index contributed by atoms with van der Waals surface area (Å²) in [6.45, 7) is 1.35. The van der Waals surface area contributed by atoms with Crippen molar-refractivity contribution in [1.29, 1.82) is 0 Å². The zero-order valence-corrected chi connectivity index (χ0v) is 13.8. The number of amides is 1. The minimum Gasteiger partial charge on any atom is -0.339 e. The maximum absolute atomic E-state index is 12.6. The number of nitro groups is 1. The number of rotatable bonds is 3. The lowest BCUT2D eigenvalue weighted by Crippen LogP contribution is -2.38. The SMILES string of the molecule is O=C(c1ccc([N+](=O)[O-])cc1Cl)N1CCC(c2ccsc2)CC1. The zero-order chi connectivity index (χ0) is 16.4. The summed E-state index contributed by atoms with van der Waals surface area (Å²) in [7, 11) is 0. The molecule has 1 aliphatic rings. The van der Waals surface area contributed by atoms with E-state index in [4.69, 9.17) is 11.6 Å². The van der Waals surface area contributed by atoms with Crippen LogP contribution >= 0.6 is 22.9 Å². The first-order chi connectivity index (χ1) is 11.1. The van der Waals surface area contributed by atoms with Crippen LogP contribution in [0.1, 0.15) is 34.7 Å². The summed E-state index contributed by atoms with van der Waals surface area (Å²) in [5, 5.41) is 15.1. The highest BCUT2D eigenvalue weighted by atomic mass is 35.5. The molecule has 1 fully saturated rings. The van der Waals surface area contributed by atoms with E-state index in [-0.39, 0.29) is 16.6 Å². The number of non-ortho nitro benzene ring substituents is 1. The molecule has 1 saturated heterocycles. The molecule has 0 N–H and O–H groups in total. The largest absolute Gasteiger partial charge is 0.339 e. The molecule has 3 rings (SSSR count). The highest BCUT2D eigenvalue weighted by molar-refractivity contribution is 7.07. The first-order valence-corrected chi connectivity index (χ1v) is 8.63. The number of carbonyl (C=O) groups excluding carboxylic acids is 1. The number of hydrogen-bond acceptors (Lipinski definition) is 4. The molecule has 1 aromatic heterocycles. The Kier molecular flexibility index (Phi) is 4.63. The highest BCUT2D eigenvalue weighted by Gasteiger charge is 2.26. The first-order valence-electron chi connectivity index (χ1n) is 7.31. The lowest BCUT2D eigenvalue weighted by Gasteiger charge is -2.32. The van der Waals surface area contributed by atoms with Gasteiger partial charge in [-0.3, -0.25) is 14.9 Å². The third kappa shape index (κ3) is 3.38. The van der Waals surface area contributed by atoms with Crippen molar-refractivity contribution in [1.82, 2.24) is 4.90 Å². The Bertz CT molecular complexity index is 725. The minimum atomic E-state index is -0.521. The predicted molar refractivity (Wildman–Crippen MR) is 90.3 cm³/mol. The molecule has 0 bridgehead atoms. The Morgan fingerprint density at radius 3 is 2.61 bits per heavy atom. The van der Waals surface area contributed by atoms with Crippen LogP contribution in [-0.4, -0.2) is 28.8 Å². The average Bonchev–Trinajstić information content (AvgIpc) is 3.08. The highest BCUT2D eigenvalue weighted by Crippen LogP contribution is 2.31. The summed E-state index contributed by atoms with van der Waals surface area (Å²) < 4.78 is 0. The van der Waals surface area contributed by atoms with Crippen molar-refractivity contribution in [2.75, 3.05) is 13.1 Å². The van der Waals surface area contributed by atoms with Crippen molar-refractivity contribution in [3.05, 3.63) is 61.3 Å². The van der Waals surface area contributed by atoms with Crippen LogP contribution in [0.15, 0.2) is 35.0 Å². The molecule has 0 saturated carbocycles. The number of thiophene rings is 1. The van der Waals surface area contributed by atoms with Gasteiger partial charge in [-0.25, -0.2) is 0 Å². The Morgan fingerprint density at radius 1 is 1.30 bits per heavy atom. The monoisotopic (exact) mass is 350 g/mol. The van der Waals surface area contributed by atoms with Gasteiger partial charge in [-0.15, -0.1) is 0 Å². The molecule has 0 radical (unpaired) electrons. The molecule has 2 aromatic rings. The van der Waals surface area contributed by atoms with E-state index in [1.807, 2.05) is 0 Å². The van der Waals surface area contributed by atoms with Gasteiger partial charge in [0.25, 0.3) is 11.6 Å². The first kappa shape index (κ1) is 16.0. The second-order valence-electron chi connectivity index (χ2n) is 5.54. The molecule has 0 aliphatic carbocycles.